The average molecular weight is 280 g/mol. The number of fused-ring (bicyclic) bond motifs is 1. The Labute approximate surface area is 93.6 Å². The number of hydrogen-bond donors (Lipinski definition) is 0. The fourth-order valence-corrected chi connectivity index (χ4v) is 1.97. The van der Waals surface area contributed by atoms with E-state index in [1.54, 1.807) is 10.7 Å². The monoisotopic (exact) mass is 278 g/mol. The summed E-state index contributed by atoms with van der Waals surface area (Å²) in [5.74, 6) is 0. The van der Waals surface area contributed by atoms with Crippen molar-refractivity contribution >= 4 is 50.0 Å². The summed E-state index contributed by atoms with van der Waals surface area (Å²) in [4.78, 5) is 0. The second kappa shape index (κ2) is 3.15. The maximum atomic E-state index is 5.93. The first-order valence-corrected chi connectivity index (χ1v) is 5.12. The molecule has 0 aliphatic heterocycles. The van der Waals surface area contributed by atoms with Crippen LogP contribution in [0, 0.1) is 0 Å². The van der Waals surface area contributed by atoms with Gasteiger partial charge in [-0.25, -0.2) is 0 Å². The number of rotatable bonds is 0. The van der Waals surface area contributed by atoms with Crippen LogP contribution >= 0.6 is 39.1 Å². The van der Waals surface area contributed by atoms with Gasteiger partial charge in [-0.3, -0.25) is 4.68 Å². The summed E-state index contributed by atoms with van der Waals surface area (Å²) in [5, 5.41) is 6.07. The number of benzene rings is 1. The van der Waals surface area contributed by atoms with Crippen LogP contribution in [0.3, 0.4) is 0 Å². The zero-order valence-corrected chi connectivity index (χ0v) is 9.78. The number of nitrogens with zero attached hydrogens (tertiary/aromatic N) is 2. The third-order valence-corrected chi connectivity index (χ3v) is 3.32. The Morgan fingerprint density at radius 1 is 1.38 bits per heavy atom. The quantitative estimate of drug-likeness (QED) is 0.720. The van der Waals surface area contributed by atoms with Gasteiger partial charge in [0.05, 0.1) is 10.5 Å². The summed E-state index contributed by atoms with van der Waals surface area (Å²) in [5.41, 5.74) is 0.960. The average Bonchev–Trinajstić information content (AvgIpc) is 2.31. The smallest absolute Gasteiger partial charge is 0.158 e. The predicted octanol–water partition coefficient (Wildman–Crippen LogP) is 3.64. The highest BCUT2D eigenvalue weighted by atomic mass is 79.9. The topological polar surface area (TPSA) is 17.8 Å². The molecule has 0 aliphatic rings. The van der Waals surface area contributed by atoms with E-state index in [-0.39, 0.29) is 0 Å². The molecule has 5 heteroatoms. The molecule has 68 valence electrons. The number of aromatic nitrogens is 2. The van der Waals surface area contributed by atoms with Gasteiger partial charge in [0.15, 0.2) is 5.15 Å². The van der Waals surface area contributed by atoms with E-state index in [9.17, 15) is 0 Å². The van der Waals surface area contributed by atoms with Crippen LogP contribution in [0.25, 0.3) is 10.9 Å². The van der Waals surface area contributed by atoms with Crippen molar-refractivity contribution in [2.75, 3.05) is 0 Å². The predicted molar refractivity (Wildman–Crippen MR) is 58.4 cm³/mol. The van der Waals surface area contributed by atoms with Crippen molar-refractivity contribution < 1.29 is 0 Å². The van der Waals surface area contributed by atoms with E-state index in [2.05, 4.69) is 21.0 Å². The van der Waals surface area contributed by atoms with Crippen LogP contribution in [0.15, 0.2) is 16.6 Å². The fourth-order valence-electron chi connectivity index (χ4n) is 1.21. The largest absolute Gasteiger partial charge is 0.266 e. The van der Waals surface area contributed by atoms with Crippen molar-refractivity contribution in [3.63, 3.8) is 0 Å². The molecule has 2 nitrogen and oxygen atoms in total. The Balaban J connectivity index is 2.91. The maximum absolute atomic E-state index is 5.93. The highest BCUT2D eigenvalue weighted by molar-refractivity contribution is 9.10. The normalized spacial score (nSPS) is 11.1. The van der Waals surface area contributed by atoms with E-state index in [4.69, 9.17) is 23.2 Å². The minimum absolute atomic E-state index is 0.479. The molecule has 0 bridgehead atoms. The SMILES string of the molecule is Cn1nc(Cl)c2cc(Cl)c(Br)cc21. The van der Waals surface area contributed by atoms with Crippen molar-refractivity contribution in [1.82, 2.24) is 9.78 Å². The maximum Gasteiger partial charge on any atom is 0.158 e. The summed E-state index contributed by atoms with van der Waals surface area (Å²) >= 11 is 15.2. The van der Waals surface area contributed by atoms with Crippen LogP contribution in [-0.4, -0.2) is 9.78 Å². The van der Waals surface area contributed by atoms with Gasteiger partial charge in [-0.2, -0.15) is 5.10 Å². The molecule has 0 unspecified atom stereocenters. The molecule has 0 amide bonds. The Morgan fingerprint density at radius 2 is 2.08 bits per heavy atom. The Morgan fingerprint density at radius 3 is 2.77 bits per heavy atom. The van der Waals surface area contributed by atoms with Crippen LogP contribution in [0.2, 0.25) is 10.2 Å². The summed E-state index contributed by atoms with van der Waals surface area (Å²) in [7, 11) is 1.84. The summed E-state index contributed by atoms with van der Waals surface area (Å²) in [6.45, 7) is 0. The second-order valence-electron chi connectivity index (χ2n) is 2.70. The Hall–Kier alpha value is -0.250. The first-order valence-electron chi connectivity index (χ1n) is 3.57. The fraction of sp³-hybridized carbons (Fsp3) is 0.125. The van der Waals surface area contributed by atoms with Gasteiger partial charge in [0.25, 0.3) is 0 Å². The van der Waals surface area contributed by atoms with Crippen LogP contribution in [0.5, 0.6) is 0 Å². The van der Waals surface area contributed by atoms with Crippen molar-refractivity contribution in [3.8, 4) is 0 Å². The van der Waals surface area contributed by atoms with Crippen molar-refractivity contribution in [1.29, 1.82) is 0 Å². The van der Waals surface area contributed by atoms with Crippen molar-refractivity contribution in [2.24, 2.45) is 7.05 Å². The van der Waals surface area contributed by atoms with Crippen LogP contribution < -0.4 is 0 Å². The summed E-state index contributed by atoms with van der Waals surface area (Å²) < 4.78 is 2.57. The zero-order valence-electron chi connectivity index (χ0n) is 6.68. The lowest BCUT2D eigenvalue weighted by Crippen LogP contribution is -1.88. The molecule has 1 aromatic heterocycles. The minimum Gasteiger partial charge on any atom is -0.266 e. The van der Waals surface area contributed by atoms with Gasteiger partial charge >= 0.3 is 0 Å². The molecule has 0 spiro atoms. The van der Waals surface area contributed by atoms with Crippen molar-refractivity contribution in [2.45, 2.75) is 0 Å². The molecule has 13 heavy (non-hydrogen) atoms. The van der Waals surface area contributed by atoms with Crippen LogP contribution in [-0.2, 0) is 7.05 Å². The van der Waals surface area contributed by atoms with E-state index < -0.39 is 0 Å². The third kappa shape index (κ3) is 1.45. The van der Waals surface area contributed by atoms with E-state index >= 15 is 0 Å². The van der Waals surface area contributed by atoms with Gasteiger partial charge in [0.2, 0.25) is 0 Å². The molecule has 0 aliphatic carbocycles. The van der Waals surface area contributed by atoms with Crippen LogP contribution in [0.1, 0.15) is 0 Å². The lowest BCUT2D eigenvalue weighted by atomic mass is 10.2. The van der Waals surface area contributed by atoms with E-state index in [1.165, 1.54) is 0 Å². The van der Waals surface area contributed by atoms with Crippen molar-refractivity contribution in [3.05, 3.63) is 26.8 Å². The summed E-state index contributed by atoms with van der Waals surface area (Å²) in [6, 6.07) is 3.70. The molecule has 0 atom stereocenters. The molecule has 0 fully saturated rings. The number of hydrogen-bond acceptors (Lipinski definition) is 1. The molecular weight excluding hydrogens is 275 g/mol. The van der Waals surface area contributed by atoms with Gasteiger partial charge in [-0.05, 0) is 28.1 Å². The molecule has 1 aromatic carbocycles. The van der Waals surface area contributed by atoms with Gasteiger partial charge in [0, 0.05) is 16.9 Å². The molecule has 0 N–H and O–H groups in total. The van der Waals surface area contributed by atoms with E-state index in [1.807, 2.05) is 13.1 Å². The zero-order chi connectivity index (χ0) is 9.59. The molecule has 1 heterocycles. The molecule has 0 saturated carbocycles. The molecular formula is C8H5BrCl2N2. The lowest BCUT2D eigenvalue weighted by molar-refractivity contribution is 0.797. The Kier molecular flexibility index (Phi) is 2.26. The van der Waals surface area contributed by atoms with Gasteiger partial charge in [-0.1, -0.05) is 23.2 Å². The minimum atomic E-state index is 0.479. The van der Waals surface area contributed by atoms with Crippen LogP contribution in [0.4, 0.5) is 0 Å². The summed E-state index contributed by atoms with van der Waals surface area (Å²) in [6.07, 6.45) is 0. The molecule has 0 radical (unpaired) electrons. The van der Waals surface area contributed by atoms with Gasteiger partial charge in [-0.15, -0.1) is 0 Å². The number of aryl methyl sites for hydroxylation is 1. The lowest BCUT2D eigenvalue weighted by Gasteiger charge is -1.97. The molecule has 2 rings (SSSR count). The Bertz CT molecular complexity index is 436. The third-order valence-electron chi connectivity index (χ3n) is 1.85. The highest BCUT2D eigenvalue weighted by Gasteiger charge is 2.08. The number of halogens is 3. The van der Waals surface area contributed by atoms with Gasteiger partial charge in [0.1, 0.15) is 0 Å². The van der Waals surface area contributed by atoms with E-state index in [0.29, 0.717) is 10.2 Å². The van der Waals surface area contributed by atoms with E-state index in [0.717, 1.165) is 15.4 Å². The first kappa shape index (κ1) is 9.31. The van der Waals surface area contributed by atoms with Gasteiger partial charge < -0.3 is 0 Å². The standard InChI is InChI=1S/C8H5BrCl2N2/c1-13-7-3-5(9)6(10)2-4(7)8(11)12-13/h2-3H,1H3. The second-order valence-corrected chi connectivity index (χ2v) is 4.32. The highest BCUT2D eigenvalue weighted by Crippen LogP contribution is 2.31. The first-order chi connectivity index (χ1) is 6.09. The molecule has 2 aromatic rings. The molecule has 0 saturated heterocycles.